The van der Waals surface area contributed by atoms with Crippen molar-refractivity contribution in [3.05, 3.63) is 98.9 Å². The molecule has 0 aliphatic heterocycles. The predicted molar refractivity (Wildman–Crippen MR) is 160 cm³/mol. The number of amides is 2. The molecule has 2 N–H and O–H groups in total. The number of hydrazone groups is 1. The number of furan rings is 1. The van der Waals surface area contributed by atoms with Crippen molar-refractivity contribution in [3.63, 3.8) is 0 Å². The number of para-hydroxylation sites is 1. The molecule has 0 radical (unpaired) electrons. The first-order valence-corrected chi connectivity index (χ1v) is 13.9. The highest BCUT2D eigenvalue weighted by Crippen LogP contribution is 2.33. The Morgan fingerprint density at radius 2 is 1.77 bits per heavy atom. The van der Waals surface area contributed by atoms with Gasteiger partial charge < -0.3 is 14.3 Å². The Morgan fingerprint density at radius 1 is 0.975 bits per heavy atom. The fourth-order valence-corrected chi connectivity index (χ4v) is 6.00. The van der Waals surface area contributed by atoms with Gasteiger partial charge in [0.2, 0.25) is 0 Å². The van der Waals surface area contributed by atoms with E-state index in [1.807, 2.05) is 37.3 Å². The van der Waals surface area contributed by atoms with Gasteiger partial charge in [0, 0.05) is 56.6 Å². The minimum Gasteiger partial charge on any atom is -0.455 e. The number of rotatable bonds is 5. The van der Waals surface area contributed by atoms with E-state index < -0.39 is 5.91 Å². The second-order valence-electron chi connectivity index (χ2n) is 9.78. The van der Waals surface area contributed by atoms with Gasteiger partial charge >= 0.3 is 0 Å². The van der Waals surface area contributed by atoms with Crippen molar-refractivity contribution in [3.8, 4) is 0 Å². The largest absolute Gasteiger partial charge is 0.455 e. The van der Waals surface area contributed by atoms with Crippen LogP contribution >= 0.6 is 23.2 Å². The molecule has 0 bridgehead atoms. The van der Waals surface area contributed by atoms with Crippen molar-refractivity contribution >= 4 is 68.2 Å². The molecule has 1 aliphatic carbocycles. The quantitative estimate of drug-likeness (QED) is 0.211. The van der Waals surface area contributed by atoms with Gasteiger partial charge in [-0.25, -0.2) is 5.43 Å². The molecule has 0 spiro atoms. The number of halogens is 2. The molecule has 0 atom stereocenters. The van der Waals surface area contributed by atoms with Crippen molar-refractivity contribution in [2.45, 2.75) is 39.7 Å². The SMILES string of the molecule is CCn1c2ccccc2c2cc(NC(=O)c3oc4c(c3C)/C(=N/NC(=O)c3ccc(Cl)cc3Cl)CCC4)ccc21. The number of aromatic nitrogens is 1. The number of hydrogen-bond donors (Lipinski definition) is 2. The summed E-state index contributed by atoms with van der Waals surface area (Å²) < 4.78 is 8.32. The maximum Gasteiger partial charge on any atom is 0.291 e. The van der Waals surface area contributed by atoms with E-state index in [1.165, 1.54) is 6.07 Å². The standard InChI is InChI=1S/C31H26Cl2N4O3/c1-3-37-25-9-5-4-7-20(25)22-16-19(12-14-26(22)37)34-31(39)29-17(2)28-24(8-6-10-27(28)40-29)35-36-30(38)21-13-11-18(32)15-23(21)33/h4-5,7,9,11-16H,3,6,8,10H2,1-2H3,(H,34,39)(H,36,38)/b35-24+. The van der Waals surface area contributed by atoms with Gasteiger partial charge in [0.15, 0.2) is 5.76 Å². The van der Waals surface area contributed by atoms with Crippen LogP contribution < -0.4 is 10.7 Å². The lowest BCUT2D eigenvalue weighted by molar-refractivity contribution is 0.0953. The predicted octanol–water partition coefficient (Wildman–Crippen LogP) is 7.75. The molecule has 9 heteroatoms. The van der Waals surface area contributed by atoms with Gasteiger partial charge in [0.1, 0.15) is 5.76 Å². The zero-order valence-electron chi connectivity index (χ0n) is 22.0. The Morgan fingerprint density at radius 3 is 2.58 bits per heavy atom. The average molecular weight is 573 g/mol. The van der Waals surface area contributed by atoms with Crippen LogP contribution in [0.3, 0.4) is 0 Å². The number of aryl methyl sites for hydroxylation is 2. The molecule has 0 saturated heterocycles. The van der Waals surface area contributed by atoms with Crippen LogP contribution in [0, 0.1) is 6.92 Å². The number of nitrogens with one attached hydrogen (secondary N) is 2. The van der Waals surface area contributed by atoms with E-state index in [0.717, 1.165) is 40.3 Å². The second kappa shape index (κ2) is 10.5. The maximum atomic E-state index is 13.4. The molecule has 40 heavy (non-hydrogen) atoms. The molecule has 2 amide bonds. The van der Waals surface area contributed by atoms with Crippen LogP contribution in [0.4, 0.5) is 5.69 Å². The number of anilines is 1. The number of fused-ring (bicyclic) bond motifs is 4. The Hall–Kier alpha value is -4.07. The van der Waals surface area contributed by atoms with Crippen LogP contribution in [0.1, 0.15) is 57.6 Å². The molecule has 5 aromatic rings. The summed E-state index contributed by atoms with van der Waals surface area (Å²) in [5, 5.41) is 10.3. The molecular weight excluding hydrogens is 547 g/mol. The summed E-state index contributed by atoms with van der Waals surface area (Å²) in [5.41, 5.74) is 7.95. The zero-order chi connectivity index (χ0) is 28.0. The van der Waals surface area contributed by atoms with Crippen molar-refractivity contribution < 1.29 is 14.0 Å². The third-order valence-electron chi connectivity index (χ3n) is 7.35. The topological polar surface area (TPSA) is 88.6 Å². The normalized spacial score (nSPS) is 14.1. The van der Waals surface area contributed by atoms with Gasteiger partial charge in [-0.05, 0) is 69.2 Å². The van der Waals surface area contributed by atoms with Crippen molar-refractivity contribution in [2.75, 3.05) is 5.32 Å². The molecule has 0 unspecified atom stereocenters. The molecule has 2 aromatic heterocycles. The number of carbonyl (C=O) groups is 2. The summed E-state index contributed by atoms with van der Waals surface area (Å²) in [5.74, 6) is 0.151. The number of benzene rings is 3. The van der Waals surface area contributed by atoms with Gasteiger partial charge in [-0.1, -0.05) is 41.4 Å². The Kier molecular flexibility index (Phi) is 6.86. The van der Waals surface area contributed by atoms with Crippen molar-refractivity contribution in [1.29, 1.82) is 0 Å². The summed E-state index contributed by atoms with van der Waals surface area (Å²) in [6.45, 7) is 4.82. The van der Waals surface area contributed by atoms with Crippen LogP contribution in [-0.2, 0) is 13.0 Å². The first kappa shape index (κ1) is 26.2. The average Bonchev–Trinajstić information content (AvgIpc) is 3.46. The summed E-state index contributed by atoms with van der Waals surface area (Å²) in [4.78, 5) is 26.1. The monoisotopic (exact) mass is 572 g/mol. The molecule has 1 aliphatic rings. The van der Waals surface area contributed by atoms with Crippen LogP contribution in [0.5, 0.6) is 0 Å². The Balaban J connectivity index is 1.27. The lowest BCUT2D eigenvalue weighted by Crippen LogP contribution is -2.22. The third kappa shape index (κ3) is 4.55. The lowest BCUT2D eigenvalue weighted by atomic mass is 9.93. The van der Waals surface area contributed by atoms with E-state index in [-0.39, 0.29) is 22.3 Å². The third-order valence-corrected chi connectivity index (χ3v) is 7.89. The van der Waals surface area contributed by atoms with Crippen LogP contribution in [0.15, 0.2) is 70.2 Å². The van der Waals surface area contributed by atoms with E-state index >= 15 is 0 Å². The summed E-state index contributed by atoms with van der Waals surface area (Å²) in [7, 11) is 0. The highest BCUT2D eigenvalue weighted by molar-refractivity contribution is 6.36. The van der Waals surface area contributed by atoms with E-state index in [2.05, 4.69) is 39.5 Å². The molecule has 7 nitrogen and oxygen atoms in total. The summed E-state index contributed by atoms with van der Waals surface area (Å²) >= 11 is 12.1. The Labute approximate surface area is 240 Å². The van der Waals surface area contributed by atoms with E-state index in [9.17, 15) is 9.59 Å². The fourth-order valence-electron chi connectivity index (χ4n) is 5.51. The lowest BCUT2D eigenvalue weighted by Gasteiger charge is -2.13. The molecule has 2 heterocycles. The number of hydrogen-bond acceptors (Lipinski definition) is 4. The Bertz CT molecular complexity index is 1850. The fraction of sp³-hybridized carbons (Fsp3) is 0.194. The molecule has 6 rings (SSSR count). The van der Waals surface area contributed by atoms with E-state index in [4.69, 9.17) is 27.6 Å². The van der Waals surface area contributed by atoms with Crippen LogP contribution in [0.25, 0.3) is 21.8 Å². The number of nitrogens with zero attached hydrogens (tertiary/aromatic N) is 2. The van der Waals surface area contributed by atoms with Gasteiger partial charge in [-0.3, -0.25) is 9.59 Å². The van der Waals surface area contributed by atoms with Gasteiger partial charge in [0.05, 0.1) is 16.3 Å². The van der Waals surface area contributed by atoms with Crippen LogP contribution in [-0.4, -0.2) is 22.1 Å². The molecule has 3 aromatic carbocycles. The van der Waals surface area contributed by atoms with E-state index in [1.54, 1.807) is 12.1 Å². The number of carbonyl (C=O) groups excluding carboxylic acids is 2. The van der Waals surface area contributed by atoms with Crippen molar-refractivity contribution in [1.82, 2.24) is 9.99 Å². The molecule has 0 saturated carbocycles. The molecule has 0 fully saturated rings. The van der Waals surface area contributed by atoms with E-state index in [0.29, 0.717) is 40.6 Å². The summed E-state index contributed by atoms with van der Waals surface area (Å²) in [6, 6.07) is 18.9. The van der Waals surface area contributed by atoms with Gasteiger partial charge in [-0.15, -0.1) is 0 Å². The highest BCUT2D eigenvalue weighted by atomic mass is 35.5. The minimum atomic E-state index is -0.444. The first-order chi connectivity index (χ1) is 19.4. The first-order valence-electron chi connectivity index (χ1n) is 13.1. The molecule has 202 valence electrons. The second-order valence-corrected chi connectivity index (χ2v) is 10.6. The zero-order valence-corrected chi connectivity index (χ0v) is 23.5. The van der Waals surface area contributed by atoms with Gasteiger partial charge in [-0.2, -0.15) is 5.10 Å². The van der Waals surface area contributed by atoms with Gasteiger partial charge in [0.25, 0.3) is 11.8 Å². The maximum absolute atomic E-state index is 13.4. The van der Waals surface area contributed by atoms with Crippen LogP contribution in [0.2, 0.25) is 10.0 Å². The minimum absolute atomic E-state index is 0.239. The summed E-state index contributed by atoms with van der Waals surface area (Å²) in [6.07, 6.45) is 2.11. The molecular formula is C31H26Cl2N4O3. The smallest absolute Gasteiger partial charge is 0.291 e. The highest BCUT2D eigenvalue weighted by Gasteiger charge is 2.28. The van der Waals surface area contributed by atoms with Crippen molar-refractivity contribution in [2.24, 2.45) is 5.10 Å².